The molecule has 0 bridgehead atoms. The minimum Gasteiger partial charge on any atom is -0.400 e. The molecule has 0 amide bonds. The van der Waals surface area contributed by atoms with Gasteiger partial charge in [0.25, 0.3) is 8.32 Å². The zero-order valence-electron chi connectivity index (χ0n) is 21.3. The summed E-state index contributed by atoms with van der Waals surface area (Å²) in [6.07, 6.45) is -0.727. The van der Waals surface area contributed by atoms with Crippen molar-refractivity contribution >= 4 is 24.5 Å². The molecule has 4 nitrogen and oxygen atoms in total. The van der Waals surface area contributed by atoms with Crippen LogP contribution in [0.4, 0.5) is 0 Å². The van der Waals surface area contributed by atoms with Crippen LogP contribution in [0.5, 0.6) is 0 Å². The average Bonchev–Trinajstić information content (AvgIpc) is 2.85. The van der Waals surface area contributed by atoms with Crippen LogP contribution in [-0.2, 0) is 20.6 Å². The molecule has 1 N–H and O–H groups in total. The van der Waals surface area contributed by atoms with Crippen LogP contribution in [0.15, 0.2) is 91.0 Å². The van der Waals surface area contributed by atoms with E-state index in [2.05, 4.69) is 45.0 Å². The molecule has 35 heavy (non-hydrogen) atoms. The van der Waals surface area contributed by atoms with E-state index in [1.165, 1.54) is 0 Å². The SMILES string of the molecule is C[C@H](COCc1ccccc1)[C@@H](O)CC(=O)CO[Si](c1ccccc1)(c1ccccc1)C(C)(C)C. The van der Waals surface area contributed by atoms with Gasteiger partial charge in [-0.25, -0.2) is 0 Å². The predicted octanol–water partition coefficient (Wildman–Crippen LogP) is 4.74. The van der Waals surface area contributed by atoms with Crippen LogP contribution < -0.4 is 10.4 Å². The highest BCUT2D eigenvalue weighted by atomic mass is 28.4. The maximum absolute atomic E-state index is 13.0. The van der Waals surface area contributed by atoms with Gasteiger partial charge in [0.05, 0.1) is 25.9 Å². The Labute approximate surface area is 211 Å². The summed E-state index contributed by atoms with van der Waals surface area (Å²) in [6.45, 7) is 9.32. The Kier molecular flexibility index (Phi) is 9.58. The quantitative estimate of drug-likeness (QED) is 0.373. The smallest absolute Gasteiger partial charge is 0.261 e. The first kappa shape index (κ1) is 27.0. The van der Waals surface area contributed by atoms with Crippen LogP contribution in [-0.4, -0.2) is 38.5 Å². The Hall–Kier alpha value is -2.57. The van der Waals surface area contributed by atoms with E-state index in [-0.39, 0.29) is 29.8 Å². The van der Waals surface area contributed by atoms with Crippen molar-refractivity contribution in [1.82, 2.24) is 0 Å². The third kappa shape index (κ3) is 6.98. The fraction of sp³-hybridized carbons (Fsp3) is 0.367. The number of benzene rings is 3. The number of hydrogen-bond donors (Lipinski definition) is 1. The summed E-state index contributed by atoms with van der Waals surface area (Å²) in [4.78, 5) is 13.0. The zero-order valence-corrected chi connectivity index (χ0v) is 22.3. The first-order chi connectivity index (χ1) is 16.7. The summed E-state index contributed by atoms with van der Waals surface area (Å²) in [5, 5.41) is 12.7. The molecule has 2 atom stereocenters. The first-order valence-corrected chi connectivity index (χ1v) is 14.2. The number of Topliss-reactive ketones (excluding diaryl/α,β-unsaturated/α-hetero) is 1. The molecule has 0 aliphatic rings. The Bertz CT molecular complexity index is 993. The Balaban J connectivity index is 1.66. The third-order valence-electron chi connectivity index (χ3n) is 6.45. The van der Waals surface area contributed by atoms with Crippen molar-refractivity contribution in [3.05, 3.63) is 96.6 Å². The van der Waals surface area contributed by atoms with Gasteiger partial charge in [-0.3, -0.25) is 4.79 Å². The summed E-state index contributed by atoms with van der Waals surface area (Å²) in [5.41, 5.74) is 1.09. The second-order valence-electron chi connectivity index (χ2n) is 10.2. The van der Waals surface area contributed by atoms with Gasteiger partial charge < -0.3 is 14.3 Å². The van der Waals surface area contributed by atoms with Gasteiger partial charge >= 0.3 is 0 Å². The van der Waals surface area contributed by atoms with Crippen LogP contribution in [0.2, 0.25) is 5.04 Å². The standard InChI is InChI=1S/C30H38O4Si/c1-24(21-33-22-25-14-8-5-9-15-25)29(32)20-26(31)23-34-35(30(2,3)4,27-16-10-6-11-17-27)28-18-12-7-13-19-28/h5-19,24,29,32H,20-23H2,1-4H3/t24-,29+/m1/s1. The Morgan fingerprint density at radius 2 is 1.34 bits per heavy atom. The summed E-state index contributed by atoms with van der Waals surface area (Å²) < 4.78 is 12.5. The lowest BCUT2D eigenvalue weighted by molar-refractivity contribution is -0.124. The fourth-order valence-electron chi connectivity index (χ4n) is 4.49. The molecule has 0 saturated heterocycles. The summed E-state index contributed by atoms with van der Waals surface area (Å²) in [5.74, 6) is -0.254. The van der Waals surface area contributed by atoms with Gasteiger partial charge in [0, 0.05) is 12.3 Å². The van der Waals surface area contributed by atoms with E-state index >= 15 is 0 Å². The Morgan fingerprint density at radius 3 is 1.83 bits per heavy atom. The normalized spacial score (nSPS) is 13.9. The lowest BCUT2D eigenvalue weighted by atomic mass is 10.0. The number of carbonyl (C=O) groups is 1. The van der Waals surface area contributed by atoms with E-state index in [4.69, 9.17) is 9.16 Å². The van der Waals surface area contributed by atoms with Crippen LogP contribution in [0.3, 0.4) is 0 Å². The van der Waals surface area contributed by atoms with E-state index < -0.39 is 14.4 Å². The van der Waals surface area contributed by atoms with E-state index in [0.29, 0.717) is 13.2 Å². The molecule has 0 fully saturated rings. The van der Waals surface area contributed by atoms with Crippen molar-refractivity contribution in [1.29, 1.82) is 0 Å². The number of aliphatic hydroxyl groups is 1. The number of hydrogen-bond acceptors (Lipinski definition) is 4. The average molecular weight is 491 g/mol. The van der Waals surface area contributed by atoms with Crippen LogP contribution in [0, 0.1) is 5.92 Å². The van der Waals surface area contributed by atoms with Gasteiger partial charge in [-0.05, 0) is 21.0 Å². The maximum Gasteiger partial charge on any atom is 0.261 e. The number of aliphatic hydroxyl groups excluding tert-OH is 1. The number of rotatable bonds is 12. The van der Waals surface area contributed by atoms with Gasteiger partial charge in [-0.2, -0.15) is 0 Å². The molecule has 5 heteroatoms. The minimum absolute atomic E-state index is 0.0259. The maximum atomic E-state index is 13.0. The monoisotopic (exact) mass is 490 g/mol. The molecular formula is C30H38O4Si. The minimum atomic E-state index is -2.78. The highest BCUT2D eigenvalue weighted by Crippen LogP contribution is 2.36. The van der Waals surface area contributed by atoms with E-state index in [0.717, 1.165) is 15.9 Å². The molecule has 0 heterocycles. The summed E-state index contributed by atoms with van der Waals surface area (Å²) in [7, 11) is -2.78. The third-order valence-corrected chi connectivity index (χ3v) is 11.4. The second-order valence-corrected chi connectivity index (χ2v) is 14.5. The van der Waals surface area contributed by atoms with Crippen LogP contribution in [0.1, 0.15) is 39.7 Å². The van der Waals surface area contributed by atoms with Gasteiger partial charge in [-0.1, -0.05) is 119 Å². The molecular weight excluding hydrogens is 452 g/mol. The van der Waals surface area contributed by atoms with Gasteiger partial charge in [-0.15, -0.1) is 0 Å². The summed E-state index contributed by atoms with van der Waals surface area (Å²) in [6, 6.07) is 30.5. The van der Waals surface area contributed by atoms with Crippen LogP contribution >= 0.6 is 0 Å². The molecule has 3 rings (SSSR count). The van der Waals surface area contributed by atoms with Crippen molar-refractivity contribution in [2.45, 2.75) is 51.9 Å². The van der Waals surface area contributed by atoms with Crippen molar-refractivity contribution in [2.24, 2.45) is 5.92 Å². The summed E-state index contributed by atoms with van der Waals surface area (Å²) >= 11 is 0. The molecule has 0 radical (unpaired) electrons. The first-order valence-electron chi connectivity index (χ1n) is 12.3. The van der Waals surface area contributed by atoms with E-state index in [9.17, 15) is 9.90 Å². The number of carbonyl (C=O) groups excluding carboxylic acids is 1. The molecule has 0 spiro atoms. The molecule has 3 aromatic rings. The Morgan fingerprint density at radius 1 is 0.857 bits per heavy atom. The molecule has 0 aliphatic heterocycles. The van der Waals surface area contributed by atoms with Crippen molar-refractivity contribution < 1.29 is 19.1 Å². The van der Waals surface area contributed by atoms with Gasteiger partial charge in [0.15, 0.2) is 5.78 Å². The highest BCUT2D eigenvalue weighted by Gasteiger charge is 2.50. The lowest BCUT2D eigenvalue weighted by Crippen LogP contribution is -2.67. The number of ether oxygens (including phenoxy) is 1. The second kappa shape index (κ2) is 12.4. The van der Waals surface area contributed by atoms with Crippen LogP contribution in [0.25, 0.3) is 0 Å². The highest BCUT2D eigenvalue weighted by molar-refractivity contribution is 6.99. The predicted molar refractivity (Wildman–Crippen MR) is 144 cm³/mol. The van der Waals surface area contributed by atoms with Gasteiger partial charge in [0.2, 0.25) is 0 Å². The number of ketones is 1. The topological polar surface area (TPSA) is 55.8 Å². The van der Waals surface area contributed by atoms with Crippen molar-refractivity contribution in [3.8, 4) is 0 Å². The lowest BCUT2D eigenvalue weighted by Gasteiger charge is -2.42. The zero-order chi connectivity index (χ0) is 25.3. The van der Waals surface area contributed by atoms with E-state index in [1.54, 1.807) is 0 Å². The van der Waals surface area contributed by atoms with Crippen molar-refractivity contribution in [3.63, 3.8) is 0 Å². The molecule has 0 saturated carbocycles. The van der Waals surface area contributed by atoms with Crippen molar-refractivity contribution in [2.75, 3.05) is 13.2 Å². The molecule has 3 aromatic carbocycles. The molecule has 186 valence electrons. The largest absolute Gasteiger partial charge is 0.400 e. The molecule has 0 unspecified atom stereocenters. The molecule has 0 aromatic heterocycles. The fourth-order valence-corrected chi connectivity index (χ4v) is 9.02. The van der Waals surface area contributed by atoms with Gasteiger partial charge in [0.1, 0.15) is 0 Å². The molecule has 0 aliphatic carbocycles. The van der Waals surface area contributed by atoms with E-state index in [1.807, 2.05) is 73.7 Å².